The maximum atomic E-state index is 12.2. The maximum absolute atomic E-state index is 12.2. The molecule has 1 N–H and O–H groups in total. The van der Waals surface area contributed by atoms with Crippen molar-refractivity contribution in [1.82, 2.24) is 8.61 Å². The highest BCUT2D eigenvalue weighted by molar-refractivity contribution is 7.86. The van der Waals surface area contributed by atoms with Crippen molar-refractivity contribution in [2.75, 3.05) is 26.7 Å². The Hall–Kier alpha value is -0.170. The normalized spacial score (nSPS) is 21.1. The Labute approximate surface area is 105 Å². The number of aliphatic hydroxyl groups is 1. The molecule has 0 aliphatic carbocycles. The zero-order valence-electron chi connectivity index (χ0n) is 11.2. The van der Waals surface area contributed by atoms with Crippen molar-refractivity contribution in [2.45, 2.75) is 39.2 Å². The maximum Gasteiger partial charge on any atom is 0.281 e. The third kappa shape index (κ3) is 4.21. The molecule has 0 saturated carbocycles. The van der Waals surface area contributed by atoms with E-state index in [1.807, 2.05) is 0 Å². The third-order valence-corrected chi connectivity index (χ3v) is 5.01. The van der Waals surface area contributed by atoms with Crippen LogP contribution in [-0.2, 0) is 10.2 Å². The molecule has 0 aromatic heterocycles. The van der Waals surface area contributed by atoms with Crippen molar-refractivity contribution in [3.05, 3.63) is 0 Å². The largest absolute Gasteiger partial charge is 0.389 e. The smallest absolute Gasteiger partial charge is 0.281 e. The van der Waals surface area contributed by atoms with Crippen molar-refractivity contribution >= 4 is 10.2 Å². The molecule has 17 heavy (non-hydrogen) atoms. The van der Waals surface area contributed by atoms with E-state index in [0.29, 0.717) is 19.0 Å². The molecular formula is C11H24N2O3S. The first-order valence-corrected chi connectivity index (χ1v) is 7.46. The standard InChI is InChI=1S/C11H24N2O3S/c1-10-5-7-13(8-6-10)17(15,16)12(4)9-11(2,3)14/h10,14H,5-9H2,1-4H3. The molecule has 1 saturated heterocycles. The fourth-order valence-corrected chi connectivity index (χ4v) is 3.58. The van der Waals surface area contributed by atoms with Gasteiger partial charge < -0.3 is 5.11 Å². The van der Waals surface area contributed by atoms with Crippen LogP contribution in [0.2, 0.25) is 0 Å². The van der Waals surface area contributed by atoms with Gasteiger partial charge >= 0.3 is 0 Å². The van der Waals surface area contributed by atoms with Gasteiger partial charge in [0.15, 0.2) is 0 Å². The molecule has 1 fully saturated rings. The summed E-state index contributed by atoms with van der Waals surface area (Å²) in [6, 6.07) is 0. The number of hydrogen-bond donors (Lipinski definition) is 1. The lowest BCUT2D eigenvalue weighted by Crippen LogP contribution is -2.49. The molecule has 1 rings (SSSR count). The van der Waals surface area contributed by atoms with Gasteiger partial charge in [-0.05, 0) is 32.6 Å². The molecule has 1 heterocycles. The summed E-state index contributed by atoms with van der Waals surface area (Å²) in [6.45, 7) is 6.64. The minimum Gasteiger partial charge on any atom is -0.389 e. The highest BCUT2D eigenvalue weighted by Gasteiger charge is 2.32. The molecule has 0 atom stereocenters. The fraction of sp³-hybridized carbons (Fsp3) is 1.00. The summed E-state index contributed by atoms with van der Waals surface area (Å²) >= 11 is 0. The second-order valence-electron chi connectivity index (χ2n) is 5.66. The van der Waals surface area contributed by atoms with Crippen LogP contribution in [-0.4, -0.2) is 54.4 Å². The molecule has 0 aromatic carbocycles. The quantitative estimate of drug-likeness (QED) is 0.811. The van der Waals surface area contributed by atoms with Crippen LogP contribution >= 0.6 is 0 Å². The Morgan fingerprint density at radius 1 is 1.35 bits per heavy atom. The first-order chi connectivity index (χ1) is 7.63. The summed E-state index contributed by atoms with van der Waals surface area (Å²) in [5.41, 5.74) is -1.01. The highest BCUT2D eigenvalue weighted by atomic mass is 32.2. The van der Waals surface area contributed by atoms with E-state index in [1.165, 1.54) is 15.7 Å². The van der Waals surface area contributed by atoms with Crippen LogP contribution < -0.4 is 0 Å². The van der Waals surface area contributed by atoms with Gasteiger partial charge in [0, 0.05) is 26.7 Å². The molecule has 0 unspecified atom stereocenters. The molecule has 0 amide bonds. The van der Waals surface area contributed by atoms with Gasteiger partial charge in [0.05, 0.1) is 5.60 Å². The molecule has 6 heteroatoms. The van der Waals surface area contributed by atoms with E-state index < -0.39 is 15.8 Å². The van der Waals surface area contributed by atoms with Crippen molar-refractivity contribution in [1.29, 1.82) is 0 Å². The van der Waals surface area contributed by atoms with E-state index >= 15 is 0 Å². The van der Waals surface area contributed by atoms with E-state index in [2.05, 4.69) is 6.92 Å². The summed E-state index contributed by atoms with van der Waals surface area (Å²) < 4.78 is 27.2. The Kier molecular flexibility index (Phi) is 4.57. The summed E-state index contributed by atoms with van der Waals surface area (Å²) in [5.74, 6) is 0.598. The van der Waals surface area contributed by atoms with Crippen molar-refractivity contribution in [3.8, 4) is 0 Å². The first-order valence-electron chi connectivity index (χ1n) is 6.07. The van der Waals surface area contributed by atoms with E-state index in [0.717, 1.165) is 12.8 Å². The second-order valence-corrected chi connectivity index (χ2v) is 7.69. The summed E-state index contributed by atoms with van der Waals surface area (Å²) in [6.07, 6.45) is 1.82. The van der Waals surface area contributed by atoms with Crippen LogP contribution in [0.25, 0.3) is 0 Å². The Balaban J connectivity index is 2.68. The van der Waals surface area contributed by atoms with Gasteiger partial charge in [0.1, 0.15) is 0 Å². The molecule has 102 valence electrons. The molecular weight excluding hydrogens is 240 g/mol. The number of piperidine rings is 1. The minimum atomic E-state index is -3.41. The predicted octanol–water partition coefficient (Wildman–Crippen LogP) is 0.666. The van der Waals surface area contributed by atoms with Crippen LogP contribution in [0.5, 0.6) is 0 Å². The van der Waals surface area contributed by atoms with Crippen molar-refractivity contribution in [3.63, 3.8) is 0 Å². The van der Waals surface area contributed by atoms with Gasteiger partial charge in [0.25, 0.3) is 10.2 Å². The average Bonchev–Trinajstić information content (AvgIpc) is 2.15. The SMILES string of the molecule is CC1CCN(S(=O)(=O)N(C)CC(C)(C)O)CC1. The van der Waals surface area contributed by atoms with Gasteiger partial charge in [-0.2, -0.15) is 17.0 Å². The van der Waals surface area contributed by atoms with Crippen LogP contribution in [0.3, 0.4) is 0 Å². The number of likely N-dealkylation sites (N-methyl/N-ethyl adjacent to an activating group) is 1. The van der Waals surface area contributed by atoms with Crippen molar-refractivity contribution in [2.24, 2.45) is 5.92 Å². The van der Waals surface area contributed by atoms with Crippen LogP contribution in [0, 0.1) is 5.92 Å². The van der Waals surface area contributed by atoms with E-state index in [4.69, 9.17) is 0 Å². The lowest BCUT2D eigenvalue weighted by molar-refractivity contribution is 0.0621. The van der Waals surface area contributed by atoms with Crippen LogP contribution in [0.15, 0.2) is 0 Å². The zero-order valence-corrected chi connectivity index (χ0v) is 12.0. The van der Waals surface area contributed by atoms with Crippen LogP contribution in [0.1, 0.15) is 33.6 Å². The molecule has 0 bridgehead atoms. The van der Waals surface area contributed by atoms with Gasteiger partial charge in [-0.1, -0.05) is 6.92 Å². The Morgan fingerprint density at radius 3 is 2.24 bits per heavy atom. The highest BCUT2D eigenvalue weighted by Crippen LogP contribution is 2.20. The zero-order chi connectivity index (χ0) is 13.3. The van der Waals surface area contributed by atoms with E-state index in [-0.39, 0.29) is 6.54 Å². The Morgan fingerprint density at radius 2 is 1.82 bits per heavy atom. The fourth-order valence-electron chi connectivity index (χ4n) is 2.04. The molecule has 0 radical (unpaired) electrons. The monoisotopic (exact) mass is 264 g/mol. The second kappa shape index (κ2) is 5.22. The lowest BCUT2D eigenvalue weighted by atomic mass is 10.0. The van der Waals surface area contributed by atoms with E-state index in [9.17, 15) is 13.5 Å². The topological polar surface area (TPSA) is 60.9 Å². The van der Waals surface area contributed by atoms with Crippen molar-refractivity contribution < 1.29 is 13.5 Å². The summed E-state index contributed by atoms with van der Waals surface area (Å²) in [7, 11) is -1.89. The molecule has 0 spiro atoms. The molecule has 1 aliphatic rings. The van der Waals surface area contributed by atoms with Gasteiger partial charge in [-0.15, -0.1) is 0 Å². The van der Waals surface area contributed by atoms with Gasteiger partial charge in [0.2, 0.25) is 0 Å². The van der Waals surface area contributed by atoms with E-state index in [1.54, 1.807) is 13.8 Å². The van der Waals surface area contributed by atoms with Crippen LogP contribution in [0.4, 0.5) is 0 Å². The molecule has 5 nitrogen and oxygen atoms in total. The third-order valence-electron chi connectivity index (χ3n) is 3.07. The molecule has 0 aromatic rings. The average molecular weight is 264 g/mol. The van der Waals surface area contributed by atoms with Gasteiger partial charge in [-0.25, -0.2) is 0 Å². The first kappa shape index (κ1) is 14.9. The molecule has 1 aliphatic heterocycles. The Bertz CT molecular complexity index is 340. The minimum absolute atomic E-state index is 0.112. The lowest BCUT2D eigenvalue weighted by Gasteiger charge is -2.34. The summed E-state index contributed by atoms with van der Waals surface area (Å²) in [5, 5.41) is 9.67. The number of rotatable bonds is 4. The predicted molar refractivity (Wildman–Crippen MR) is 67.8 cm³/mol. The number of hydrogen-bond acceptors (Lipinski definition) is 3. The summed E-state index contributed by atoms with van der Waals surface area (Å²) in [4.78, 5) is 0. The van der Waals surface area contributed by atoms with Gasteiger partial charge in [-0.3, -0.25) is 0 Å². The number of nitrogens with zero attached hydrogens (tertiary/aromatic N) is 2.